The molecule has 228 valence electrons. The van der Waals surface area contributed by atoms with Crippen LogP contribution in [0.5, 0.6) is 5.75 Å². The Balaban J connectivity index is 1.28. The molecule has 3 heterocycles. The number of esters is 1. The number of aromatic amines is 1. The molecule has 0 amide bonds. The van der Waals surface area contributed by atoms with Gasteiger partial charge in [0.05, 0.1) is 36.7 Å². The second kappa shape index (κ2) is 12.5. The number of H-pyrrole nitrogens is 1. The lowest BCUT2D eigenvalue weighted by atomic mass is 9.98. The highest BCUT2D eigenvalue weighted by Crippen LogP contribution is 2.39. The zero-order valence-corrected chi connectivity index (χ0v) is 25.9. The average Bonchev–Trinajstić information content (AvgIpc) is 3.60. The highest BCUT2D eigenvalue weighted by atomic mass is 16.5. The van der Waals surface area contributed by atoms with Gasteiger partial charge in [-0.05, 0) is 62.3 Å². The van der Waals surface area contributed by atoms with Crippen molar-refractivity contribution in [3.63, 3.8) is 0 Å². The van der Waals surface area contributed by atoms with Crippen molar-refractivity contribution in [2.75, 3.05) is 24.7 Å². The molecule has 7 rings (SSSR count). The number of hydrogen-bond donors (Lipinski definition) is 1. The van der Waals surface area contributed by atoms with Gasteiger partial charge in [0.15, 0.2) is 0 Å². The van der Waals surface area contributed by atoms with E-state index >= 15 is 0 Å². The normalized spacial score (nSPS) is 13.2. The number of rotatable bonds is 8. The monoisotopic (exact) mass is 598 g/mol. The van der Waals surface area contributed by atoms with E-state index in [4.69, 9.17) is 9.47 Å². The first-order chi connectivity index (χ1) is 22.1. The van der Waals surface area contributed by atoms with Crippen molar-refractivity contribution in [3.05, 3.63) is 114 Å². The quantitative estimate of drug-likeness (QED) is 0.142. The maximum absolute atomic E-state index is 13.7. The first kappa shape index (κ1) is 28.7. The molecule has 7 heteroatoms. The van der Waals surface area contributed by atoms with Crippen LogP contribution in [0.15, 0.2) is 91.0 Å². The predicted molar refractivity (Wildman–Crippen MR) is 180 cm³/mol. The number of para-hydroxylation sites is 2. The van der Waals surface area contributed by atoms with Crippen LogP contribution >= 0.6 is 0 Å². The van der Waals surface area contributed by atoms with Gasteiger partial charge in [-0.15, -0.1) is 0 Å². The van der Waals surface area contributed by atoms with Crippen LogP contribution < -0.4 is 9.64 Å². The smallest absolute Gasteiger partial charge is 0.355 e. The van der Waals surface area contributed by atoms with Crippen LogP contribution in [0.3, 0.4) is 0 Å². The summed E-state index contributed by atoms with van der Waals surface area (Å²) in [7, 11) is 0. The summed E-state index contributed by atoms with van der Waals surface area (Å²) >= 11 is 0. The Morgan fingerprint density at radius 2 is 1.69 bits per heavy atom. The lowest BCUT2D eigenvalue weighted by molar-refractivity contribution is 0.0512. The molecule has 45 heavy (non-hydrogen) atoms. The average molecular weight is 599 g/mol. The predicted octanol–water partition coefficient (Wildman–Crippen LogP) is 8.09. The zero-order valence-electron chi connectivity index (χ0n) is 25.9. The molecule has 2 aromatic heterocycles. The maximum atomic E-state index is 13.7. The molecule has 0 atom stereocenters. The van der Waals surface area contributed by atoms with Crippen molar-refractivity contribution in [3.8, 4) is 16.9 Å². The molecular formula is C38H38N4O3. The van der Waals surface area contributed by atoms with Crippen molar-refractivity contribution in [2.24, 2.45) is 0 Å². The molecule has 7 nitrogen and oxygen atoms in total. The van der Waals surface area contributed by atoms with E-state index in [1.54, 1.807) is 0 Å². The number of carbonyl (C=O) groups excluding carboxylic acids is 1. The highest BCUT2D eigenvalue weighted by Gasteiger charge is 2.28. The maximum Gasteiger partial charge on any atom is 0.355 e. The van der Waals surface area contributed by atoms with Crippen LogP contribution in [0, 0.1) is 6.92 Å². The number of anilines is 1. The van der Waals surface area contributed by atoms with Crippen LogP contribution in [-0.2, 0) is 24.2 Å². The van der Waals surface area contributed by atoms with E-state index < -0.39 is 0 Å². The number of fused-ring (bicyclic) bond motifs is 3. The fourth-order valence-corrected chi connectivity index (χ4v) is 6.85. The van der Waals surface area contributed by atoms with E-state index in [1.807, 2.05) is 37.3 Å². The van der Waals surface area contributed by atoms with Gasteiger partial charge in [-0.3, -0.25) is 5.10 Å². The molecule has 0 saturated heterocycles. The summed E-state index contributed by atoms with van der Waals surface area (Å²) < 4.78 is 14.2. The van der Waals surface area contributed by atoms with Crippen molar-refractivity contribution in [1.29, 1.82) is 0 Å². The number of nitrogens with one attached hydrogen (secondary N) is 1. The third-order valence-corrected chi connectivity index (χ3v) is 8.81. The largest absolute Gasteiger partial charge is 0.493 e. The Bertz CT molecular complexity index is 1970. The summed E-state index contributed by atoms with van der Waals surface area (Å²) in [6, 6.07) is 31.3. The Kier molecular flexibility index (Phi) is 7.99. The van der Waals surface area contributed by atoms with Gasteiger partial charge in [0.2, 0.25) is 0 Å². The Hall–Kier alpha value is -5.04. The fourth-order valence-electron chi connectivity index (χ4n) is 6.85. The van der Waals surface area contributed by atoms with Gasteiger partial charge in [0, 0.05) is 40.7 Å². The molecule has 6 aromatic rings. The molecule has 0 saturated carbocycles. The van der Waals surface area contributed by atoms with Gasteiger partial charge in [-0.2, -0.15) is 5.10 Å². The zero-order chi connectivity index (χ0) is 30.8. The van der Waals surface area contributed by atoms with E-state index in [0.29, 0.717) is 31.9 Å². The van der Waals surface area contributed by atoms with Crippen molar-refractivity contribution >= 4 is 33.3 Å². The number of hydrogen-bond acceptors (Lipinski definition) is 5. The number of aromatic nitrogens is 3. The first-order valence-electron chi connectivity index (χ1n) is 15.9. The number of nitrogens with zero attached hydrogens (tertiary/aromatic N) is 3. The van der Waals surface area contributed by atoms with Crippen LogP contribution in [-0.4, -0.2) is 40.5 Å². The summed E-state index contributed by atoms with van der Waals surface area (Å²) in [5.41, 5.74) is 8.12. The Labute approximate surface area is 263 Å². The van der Waals surface area contributed by atoms with E-state index in [9.17, 15) is 4.79 Å². The molecule has 0 aliphatic carbocycles. The number of benzene rings is 4. The summed E-state index contributed by atoms with van der Waals surface area (Å²) in [6.07, 6.45) is 2.32. The van der Waals surface area contributed by atoms with E-state index in [2.05, 4.69) is 87.3 Å². The van der Waals surface area contributed by atoms with Crippen LogP contribution in [0.2, 0.25) is 0 Å². The Morgan fingerprint density at radius 3 is 2.56 bits per heavy atom. The number of carbonyl (C=O) groups is 1. The van der Waals surface area contributed by atoms with Crippen molar-refractivity contribution < 1.29 is 14.3 Å². The van der Waals surface area contributed by atoms with Gasteiger partial charge >= 0.3 is 5.97 Å². The summed E-state index contributed by atoms with van der Waals surface area (Å²) in [5, 5.41) is 11.4. The second-order valence-electron chi connectivity index (χ2n) is 11.6. The first-order valence-corrected chi connectivity index (χ1v) is 15.9. The molecule has 1 aliphatic rings. The van der Waals surface area contributed by atoms with Crippen LogP contribution in [0.1, 0.15) is 47.2 Å². The van der Waals surface area contributed by atoms with Crippen molar-refractivity contribution in [2.45, 2.75) is 46.2 Å². The highest BCUT2D eigenvalue weighted by molar-refractivity contribution is 6.05. The van der Waals surface area contributed by atoms with E-state index in [0.717, 1.165) is 81.4 Å². The molecule has 0 bridgehead atoms. The van der Waals surface area contributed by atoms with Crippen LogP contribution in [0.4, 0.5) is 5.69 Å². The minimum absolute atomic E-state index is 0.272. The molecular weight excluding hydrogens is 560 g/mol. The van der Waals surface area contributed by atoms with Gasteiger partial charge in [0.25, 0.3) is 0 Å². The molecule has 0 unspecified atom stereocenters. The molecule has 0 radical (unpaired) electrons. The van der Waals surface area contributed by atoms with Gasteiger partial charge < -0.3 is 18.9 Å². The summed E-state index contributed by atoms with van der Waals surface area (Å²) in [6.45, 7) is 7.04. The van der Waals surface area contributed by atoms with Gasteiger partial charge in [-0.1, -0.05) is 72.8 Å². The lowest BCUT2D eigenvalue weighted by Crippen LogP contribution is -2.26. The molecule has 0 spiro atoms. The number of ether oxygens (including phenoxy) is 2. The number of aryl methyl sites for hydroxylation is 3. The Morgan fingerprint density at radius 1 is 0.911 bits per heavy atom. The molecule has 1 aliphatic heterocycles. The minimum atomic E-state index is -0.272. The molecule has 1 N–H and O–H groups in total. The molecule has 4 aromatic carbocycles. The third-order valence-electron chi connectivity index (χ3n) is 8.81. The standard InChI is InChI=1S/C38H38N4O3/c1-3-44-38(43)37-31(20-11-24-45-34-21-9-14-27-13-7-8-17-29(27)34)30-18-10-19-32-35-26(2)39-40-33(35)25-41(28-15-5-4-6-16-28)22-12-23-42(37)36(30)32/h4-10,13-19,21H,3,11-12,20,22-25H2,1-2H3,(H,39,40). The van der Waals surface area contributed by atoms with E-state index in [-0.39, 0.29) is 5.97 Å². The summed E-state index contributed by atoms with van der Waals surface area (Å²) in [5.74, 6) is 0.610. The SMILES string of the molecule is CCOC(=O)c1c(CCCOc2cccc3ccccc23)c2cccc3c2n1CCCN(c1ccccc1)Cc1[nH]nc(C)c1-3. The summed E-state index contributed by atoms with van der Waals surface area (Å²) in [4.78, 5) is 16.1. The third kappa shape index (κ3) is 5.43. The minimum Gasteiger partial charge on any atom is -0.493 e. The lowest BCUT2D eigenvalue weighted by Gasteiger charge is -2.26. The topological polar surface area (TPSA) is 72.4 Å². The molecule has 0 fully saturated rings. The van der Waals surface area contributed by atoms with Gasteiger partial charge in [0.1, 0.15) is 11.4 Å². The van der Waals surface area contributed by atoms with Gasteiger partial charge in [-0.25, -0.2) is 4.79 Å². The van der Waals surface area contributed by atoms with Crippen LogP contribution in [0.25, 0.3) is 32.8 Å². The van der Waals surface area contributed by atoms with E-state index in [1.165, 1.54) is 5.69 Å². The van der Waals surface area contributed by atoms with Crippen molar-refractivity contribution in [1.82, 2.24) is 14.8 Å². The second-order valence-corrected chi connectivity index (χ2v) is 11.6. The fraction of sp³-hybridized carbons (Fsp3) is 0.263.